The lowest BCUT2D eigenvalue weighted by Gasteiger charge is -2.21. The van der Waals surface area contributed by atoms with E-state index in [0.717, 1.165) is 6.04 Å². The Morgan fingerprint density at radius 1 is 1.38 bits per heavy atom. The summed E-state index contributed by atoms with van der Waals surface area (Å²) in [4.78, 5) is 8.33. The quantitative estimate of drug-likeness (QED) is 0.404. The molecule has 78 valence electrons. The van der Waals surface area contributed by atoms with Crippen molar-refractivity contribution in [3.05, 3.63) is 0 Å². The molecule has 1 N–H and O–H groups in total. The standard InChI is InChI=1S/C6H15O5PSi/c1-9-13(3,10-2)6-4-5-11-12(7)8/h4-6H2,1-3H3/p+1. The van der Waals surface area contributed by atoms with Gasteiger partial charge in [-0.1, -0.05) is 0 Å². The predicted molar refractivity (Wildman–Crippen MR) is 50.8 cm³/mol. The molecule has 0 amide bonds. The van der Waals surface area contributed by atoms with E-state index in [-0.39, 0.29) is 6.61 Å². The van der Waals surface area contributed by atoms with Crippen LogP contribution in [0.5, 0.6) is 0 Å². The second-order valence-electron chi connectivity index (χ2n) is 2.72. The second-order valence-corrected chi connectivity index (χ2v) is 7.03. The summed E-state index contributed by atoms with van der Waals surface area (Å²) in [6, 6.07) is 0.753. The monoisotopic (exact) mass is 227 g/mol. The summed E-state index contributed by atoms with van der Waals surface area (Å²) in [6.45, 7) is 2.20. The van der Waals surface area contributed by atoms with E-state index in [1.54, 1.807) is 14.2 Å². The largest absolute Gasteiger partial charge is 0.694 e. The third-order valence-corrected chi connectivity index (χ3v) is 5.23. The molecular weight excluding hydrogens is 211 g/mol. The molecule has 0 aromatic heterocycles. The molecule has 0 heterocycles. The Morgan fingerprint density at radius 3 is 2.31 bits per heavy atom. The highest BCUT2D eigenvalue weighted by Crippen LogP contribution is 2.18. The van der Waals surface area contributed by atoms with Crippen molar-refractivity contribution < 1.29 is 22.8 Å². The molecule has 0 aromatic carbocycles. The second kappa shape index (κ2) is 6.59. The van der Waals surface area contributed by atoms with Gasteiger partial charge in [-0.05, 0) is 19.0 Å². The maximum absolute atomic E-state index is 10.1. The SMILES string of the molecule is CO[Si](C)(CCCO[P+](=O)O)OC. The molecule has 0 spiro atoms. The van der Waals surface area contributed by atoms with Crippen molar-refractivity contribution in [1.82, 2.24) is 0 Å². The first-order valence-corrected chi connectivity index (χ1v) is 7.59. The molecule has 0 saturated heterocycles. The molecule has 0 aromatic rings. The summed E-state index contributed by atoms with van der Waals surface area (Å²) in [5.41, 5.74) is 0. The number of hydrogen-bond acceptors (Lipinski definition) is 4. The summed E-state index contributed by atoms with van der Waals surface area (Å²) in [5, 5.41) is 0. The van der Waals surface area contributed by atoms with Gasteiger partial charge in [0.25, 0.3) is 0 Å². The lowest BCUT2D eigenvalue weighted by molar-refractivity contribution is 0.238. The lowest BCUT2D eigenvalue weighted by Crippen LogP contribution is -2.36. The Balaban J connectivity index is 3.55. The van der Waals surface area contributed by atoms with Gasteiger partial charge in [0.1, 0.15) is 6.61 Å². The van der Waals surface area contributed by atoms with Crippen LogP contribution in [0.3, 0.4) is 0 Å². The smallest absolute Gasteiger partial charge is 0.398 e. The highest BCUT2D eigenvalue weighted by atomic mass is 31.1. The van der Waals surface area contributed by atoms with E-state index in [4.69, 9.17) is 13.7 Å². The van der Waals surface area contributed by atoms with Crippen LogP contribution in [0.15, 0.2) is 0 Å². The van der Waals surface area contributed by atoms with Crippen LogP contribution in [0.25, 0.3) is 0 Å². The summed E-state index contributed by atoms with van der Waals surface area (Å²) >= 11 is 0. The summed E-state index contributed by atoms with van der Waals surface area (Å²) < 4.78 is 25.1. The van der Waals surface area contributed by atoms with Gasteiger partial charge in [-0.15, -0.1) is 9.42 Å². The normalized spacial score (nSPS) is 13.1. The van der Waals surface area contributed by atoms with Gasteiger partial charge in [0.05, 0.1) is 0 Å². The molecule has 0 aliphatic carbocycles. The number of rotatable bonds is 7. The average Bonchev–Trinajstić information content (AvgIpc) is 2.12. The van der Waals surface area contributed by atoms with Gasteiger partial charge in [0.15, 0.2) is 0 Å². The Hall–Kier alpha value is 0.157. The molecule has 0 aliphatic rings. The molecule has 0 saturated carbocycles. The zero-order chi connectivity index (χ0) is 10.3. The third kappa shape index (κ3) is 6.26. The molecule has 0 bridgehead atoms. The molecular formula is C6H16O5PSi+. The van der Waals surface area contributed by atoms with E-state index in [0.29, 0.717) is 6.42 Å². The van der Waals surface area contributed by atoms with Crippen LogP contribution >= 0.6 is 8.25 Å². The Bertz CT molecular complexity index is 161. The molecule has 13 heavy (non-hydrogen) atoms. The average molecular weight is 227 g/mol. The zero-order valence-electron chi connectivity index (χ0n) is 8.15. The molecule has 0 aliphatic heterocycles. The van der Waals surface area contributed by atoms with Crippen LogP contribution in [-0.4, -0.2) is 34.3 Å². The van der Waals surface area contributed by atoms with Crippen molar-refractivity contribution in [3.8, 4) is 0 Å². The summed E-state index contributed by atoms with van der Waals surface area (Å²) in [7, 11) is -1.27. The first-order valence-electron chi connectivity index (χ1n) is 3.93. The predicted octanol–water partition coefficient (Wildman–Crippen LogP) is 1.41. The lowest BCUT2D eigenvalue weighted by atomic mass is 10.5. The van der Waals surface area contributed by atoms with Gasteiger partial charge in [-0.25, -0.2) is 0 Å². The molecule has 0 radical (unpaired) electrons. The number of hydrogen-bond donors (Lipinski definition) is 1. The Morgan fingerprint density at radius 2 is 1.92 bits per heavy atom. The van der Waals surface area contributed by atoms with Crippen molar-refractivity contribution in [3.63, 3.8) is 0 Å². The van der Waals surface area contributed by atoms with E-state index in [9.17, 15) is 4.57 Å². The fourth-order valence-corrected chi connectivity index (χ4v) is 2.47. The van der Waals surface area contributed by atoms with Crippen molar-refractivity contribution in [1.29, 1.82) is 0 Å². The van der Waals surface area contributed by atoms with Gasteiger partial charge < -0.3 is 8.85 Å². The van der Waals surface area contributed by atoms with Gasteiger partial charge in [0.2, 0.25) is 0 Å². The van der Waals surface area contributed by atoms with Crippen LogP contribution < -0.4 is 0 Å². The Kier molecular flexibility index (Phi) is 6.67. The highest BCUT2D eigenvalue weighted by Gasteiger charge is 2.28. The van der Waals surface area contributed by atoms with E-state index in [1.165, 1.54) is 0 Å². The zero-order valence-corrected chi connectivity index (χ0v) is 10.0. The van der Waals surface area contributed by atoms with Crippen LogP contribution in [0.4, 0.5) is 0 Å². The van der Waals surface area contributed by atoms with E-state index < -0.39 is 16.8 Å². The van der Waals surface area contributed by atoms with E-state index in [2.05, 4.69) is 4.52 Å². The summed E-state index contributed by atoms with van der Waals surface area (Å²) in [6.07, 6.45) is 0.673. The first kappa shape index (κ1) is 13.2. The van der Waals surface area contributed by atoms with Crippen LogP contribution in [0, 0.1) is 0 Å². The van der Waals surface area contributed by atoms with Gasteiger partial charge in [-0.3, -0.25) is 0 Å². The minimum absolute atomic E-state index is 0.265. The van der Waals surface area contributed by atoms with E-state index in [1.807, 2.05) is 6.55 Å². The maximum Gasteiger partial charge on any atom is 0.694 e. The van der Waals surface area contributed by atoms with Crippen molar-refractivity contribution in [2.45, 2.75) is 19.0 Å². The molecule has 0 rings (SSSR count). The Labute approximate surface area is 80.2 Å². The molecule has 5 nitrogen and oxygen atoms in total. The van der Waals surface area contributed by atoms with Crippen LogP contribution in [0.2, 0.25) is 12.6 Å². The minimum Gasteiger partial charge on any atom is -0.398 e. The first-order chi connectivity index (χ1) is 6.04. The topological polar surface area (TPSA) is 65.0 Å². The van der Waals surface area contributed by atoms with Gasteiger partial charge in [0, 0.05) is 18.8 Å². The van der Waals surface area contributed by atoms with Crippen LogP contribution in [-0.2, 0) is 17.9 Å². The van der Waals surface area contributed by atoms with Crippen molar-refractivity contribution >= 4 is 16.8 Å². The molecule has 1 atom stereocenters. The van der Waals surface area contributed by atoms with Crippen LogP contribution in [0.1, 0.15) is 6.42 Å². The van der Waals surface area contributed by atoms with Gasteiger partial charge >= 0.3 is 16.8 Å². The van der Waals surface area contributed by atoms with Crippen molar-refractivity contribution in [2.75, 3.05) is 20.8 Å². The molecule has 0 fully saturated rings. The summed E-state index contributed by atoms with van der Waals surface area (Å²) in [5.74, 6) is 0. The maximum atomic E-state index is 10.1. The fraction of sp³-hybridized carbons (Fsp3) is 1.00. The minimum atomic E-state index is -2.47. The molecule has 7 heteroatoms. The fourth-order valence-electron chi connectivity index (χ4n) is 0.823. The highest BCUT2D eigenvalue weighted by molar-refractivity contribution is 7.32. The van der Waals surface area contributed by atoms with E-state index >= 15 is 0 Å². The van der Waals surface area contributed by atoms with Gasteiger partial charge in [-0.2, -0.15) is 0 Å². The van der Waals surface area contributed by atoms with Crippen molar-refractivity contribution in [2.24, 2.45) is 0 Å². The molecule has 1 unspecified atom stereocenters. The third-order valence-electron chi connectivity index (χ3n) is 1.84.